The molecule has 1 aliphatic carbocycles. The largest absolute Gasteiger partial charge is 0.464 e. The summed E-state index contributed by atoms with van der Waals surface area (Å²) in [6.07, 6.45) is 3.04. The number of esters is 1. The fourth-order valence-electron chi connectivity index (χ4n) is 3.78. The van der Waals surface area contributed by atoms with E-state index in [0.29, 0.717) is 17.7 Å². The van der Waals surface area contributed by atoms with Crippen molar-refractivity contribution in [3.05, 3.63) is 39.6 Å². The first-order valence-electron chi connectivity index (χ1n) is 7.63. The number of carbonyl (C=O) groups excluding carboxylic acids is 1. The molecule has 0 N–H and O–H groups in total. The molecule has 5 rings (SSSR count). The van der Waals surface area contributed by atoms with Crippen molar-refractivity contribution in [2.45, 2.75) is 38.1 Å². The Hall–Kier alpha value is -1.62. The minimum absolute atomic E-state index is 0.343. The quantitative estimate of drug-likeness (QED) is 0.757. The van der Waals surface area contributed by atoms with Gasteiger partial charge in [0.25, 0.3) is 0 Å². The van der Waals surface area contributed by atoms with E-state index >= 15 is 0 Å². The zero-order valence-electron chi connectivity index (χ0n) is 12.6. The number of ether oxygens (including phenoxy) is 1. The summed E-state index contributed by atoms with van der Waals surface area (Å²) in [6.45, 7) is 2.07. The van der Waals surface area contributed by atoms with E-state index in [9.17, 15) is 4.79 Å². The Morgan fingerprint density at radius 3 is 2.91 bits per heavy atom. The van der Waals surface area contributed by atoms with E-state index in [0.717, 1.165) is 40.8 Å². The van der Waals surface area contributed by atoms with Crippen LogP contribution in [0.25, 0.3) is 11.4 Å². The number of aromatic nitrogens is 2. The molecule has 22 heavy (non-hydrogen) atoms. The highest BCUT2D eigenvalue weighted by Gasteiger charge is 2.40. The van der Waals surface area contributed by atoms with E-state index in [2.05, 4.69) is 50.6 Å². The lowest BCUT2D eigenvalue weighted by molar-refractivity contribution is 0.0593. The number of carbonyl (C=O) groups is 1. The second-order valence-corrected chi connectivity index (χ2v) is 6.92. The number of nitrogens with zero attached hydrogens (tertiary/aromatic N) is 2. The molecule has 2 bridgehead atoms. The maximum absolute atomic E-state index is 12.1. The van der Waals surface area contributed by atoms with Crippen LogP contribution in [0, 0.1) is 0 Å². The second-order valence-electron chi connectivity index (χ2n) is 6.00. The Morgan fingerprint density at radius 1 is 1.45 bits per heavy atom. The average molecular weight is 361 g/mol. The Bertz CT molecular complexity index is 775. The molecule has 1 fully saturated rings. The molecule has 0 amide bonds. The molecule has 0 saturated heterocycles. The number of halogens is 1. The average Bonchev–Trinajstić information content (AvgIpc) is 2.74. The van der Waals surface area contributed by atoms with Crippen LogP contribution in [0.1, 0.15) is 53.5 Å². The Morgan fingerprint density at radius 2 is 2.23 bits per heavy atom. The van der Waals surface area contributed by atoms with E-state index in [-0.39, 0.29) is 5.97 Å². The van der Waals surface area contributed by atoms with Gasteiger partial charge in [0.15, 0.2) is 5.69 Å². The number of benzene rings is 1. The lowest BCUT2D eigenvalue weighted by Gasteiger charge is -2.35. The highest BCUT2D eigenvalue weighted by atomic mass is 79.9. The molecular formula is C17H17BrN2O2. The van der Waals surface area contributed by atoms with Gasteiger partial charge in [0.05, 0.1) is 12.8 Å². The third-order valence-corrected chi connectivity index (χ3v) is 5.39. The van der Waals surface area contributed by atoms with Gasteiger partial charge in [0.2, 0.25) is 0 Å². The van der Waals surface area contributed by atoms with Gasteiger partial charge in [0, 0.05) is 16.1 Å². The molecule has 4 nitrogen and oxygen atoms in total. The predicted molar refractivity (Wildman–Crippen MR) is 87.1 cm³/mol. The minimum atomic E-state index is -0.343. The number of hydrogen-bond donors (Lipinski definition) is 0. The molecule has 1 aromatic carbocycles. The van der Waals surface area contributed by atoms with Gasteiger partial charge in [0.1, 0.15) is 5.82 Å². The van der Waals surface area contributed by atoms with Gasteiger partial charge in [-0.1, -0.05) is 28.9 Å². The first-order chi connectivity index (χ1) is 10.6. The lowest BCUT2D eigenvalue weighted by atomic mass is 9.75. The molecule has 2 aromatic rings. The van der Waals surface area contributed by atoms with Crippen LogP contribution in [0.15, 0.2) is 22.7 Å². The van der Waals surface area contributed by atoms with Crippen molar-refractivity contribution >= 4 is 21.9 Å². The maximum Gasteiger partial charge on any atom is 0.358 e. The summed E-state index contributed by atoms with van der Waals surface area (Å²) in [7, 11) is 1.41. The summed E-state index contributed by atoms with van der Waals surface area (Å²) >= 11 is 3.56. The monoisotopic (exact) mass is 360 g/mol. The third-order valence-electron chi connectivity index (χ3n) is 4.90. The van der Waals surface area contributed by atoms with E-state index < -0.39 is 0 Å². The van der Waals surface area contributed by atoms with E-state index in [1.54, 1.807) is 0 Å². The maximum atomic E-state index is 12.1. The van der Waals surface area contributed by atoms with Crippen LogP contribution in [0.4, 0.5) is 0 Å². The fraction of sp³-hybridized carbons (Fsp3) is 0.412. The zero-order chi connectivity index (χ0) is 15.4. The van der Waals surface area contributed by atoms with Crippen LogP contribution < -0.4 is 0 Å². The van der Waals surface area contributed by atoms with Crippen LogP contribution >= 0.6 is 15.9 Å². The first kappa shape index (κ1) is 14.0. The normalized spacial score (nSPS) is 21.4. The zero-order valence-corrected chi connectivity index (χ0v) is 14.2. The number of rotatable bonds is 2. The molecule has 0 unspecified atom stereocenters. The van der Waals surface area contributed by atoms with Crippen LogP contribution in [-0.2, 0) is 11.2 Å². The molecule has 114 valence electrons. The predicted octanol–water partition coefficient (Wildman–Crippen LogP) is 4.09. The third kappa shape index (κ3) is 1.81. The molecule has 2 aliphatic heterocycles. The molecule has 5 heteroatoms. The molecule has 0 radical (unpaired) electrons. The van der Waals surface area contributed by atoms with Crippen molar-refractivity contribution in [2.75, 3.05) is 7.11 Å². The SMILES string of the molecule is CCc1c(C(=O)OC)nc2n1C1CC(C1)c1ccc(Br)cc1-2. The Labute approximate surface area is 137 Å². The highest BCUT2D eigenvalue weighted by molar-refractivity contribution is 9.10. The van der Waals surface area contributed by atoms with Gasteiger partial charge >= 0.3 is 5.97 Å². The smallest absolute Gasteiger partial charge is 0.358 e. The van der Waals surface area contributed by atoms with Gasteiger partial charge in [-0.2, -0.15) is 0 Å². The first-order valence-corrected chi connectivity index (χ1v) is 8.42. The molecule has 1 saturated carbocycles. The standard InChI is InChI=1S/C17H17BrN2O2/c1-3-14-15(17(21)22-2)19-16-13-8-10(18)4-5-12(13)9-6-11(7-9)20(14)16/h4-5,8-9,11H,3,6-7H2,1-2H3. The van der Waals surface area contributed by atoms with Gasteiger partial charge in [-0.05, 0) is 42.9 Å². The van der Waals surface area contributed by atoms with Crippen molar-refractivity contribution in [2.24, 2.45) is 0 Å². The van der Waals surface area contributed by atoms with Gasteiger partial charge in [-0.25, -0.2) is 9.78 Å². The number of imidazole rings is 1. The van der Waals surface area contributed by atoms with Crippen LogP contribution in [0.2, 0.25) is 0 Å². The van der Waals surface area contributed by atoms with Crippen molar-refractivity contribution in [3.8, 4) is 11.4 Å². The Kier molecular flexibility index (Phi) is 3.15. The summed E-state index contributed by atoms with van der Waals surface area (Å²) < 4.78 is 8.24. The summed E-state index contributed by atoms with van der Waals surface area (Å²) in [4.78, 5) is 16.8. The molecule has 3 aliphatic rings. The van der Waals surface area contributed by atoms with Crippen molar-refractivity contribution in [1.29, 1.82) is 0 Å². The minimum Gasteiger partial charge on any atom is -0.464 e. The lowest BCUT2D eigenvalue weighted by Crippen LogP contribution is -2.24. The topological polar surface area (TPSA) is 44.1 Å². The molecule has 0 atom stereocenters. The summed E-state index contributed by atoms with van der Waals surface area (Å²) in [5.41, 5.74) is 3.96. The highest BCUT2D eigenvalue weighted by Crippen LogP contribution is 2.53. The van der Waals surface area contributed by atoms with Gasteiger partial charge in [-0.15, -0.1) is 0 Å². The van der Waals surface area contributed by atoms with Crippen LogP contribution in [0.3, 0.4) is 0 Å². The molecular weight excluding hydrogens is 344 g/mol. The van der Waals surface area contributed by atoms with Crippen LogP contribution in [-0.4, -0.2) is 22.6 Å². The second kappa shape index (κ2) is 4.95. The molecule has 1 aromatic heterocycles. The van der Waals surface area contributed by atoms with Gasteiger partial charge < -0.3 is 9.30 Å². The van der Waals surface area contributed by atoms with Crippen LogP contribution in [0.5, 0.6) is 0 Å². The van der Waals surface area contributed by atoms with Crippen molar-refractivity contribution in [1.82, 2.24) is 9.55 Å². The Balaban J connectivity index is 2.01. The van der Waals surface area contributed by atoms with Gasteiger partial charge in [-0.3, -0.25) is 0 Å². The van der Waals surface area contributed by atoms with E-state index in [1.165, 1.54) is 12.7 Å². The van der Waals surface area contributed by atoms with Crippen molar-refractivity contribution in [3.63, 3.8) is 0 Å². The number of methoxy groups -OCH3 is 1. The number of hydrogen-bond acceptors (Lipinski definition) is 3. The fourth-order valence-corrected chi connectivity index (χ4v) is 4.14. The van der Waals surface area contributed by atoms with E-state index in [4.69, 9.17) is 4.74 Å². The van der Waals surface area contributed by atoms with E-state index in [1.807, 2.05) is 0 Å². The molecule has 0 spiro atoms. The van der Waals surface area contributed by atoms with Crippen molar-refractivity contribution < 1.29 is 9.53 Å². The summed E-state index contributed by atoms with van der Waals surface area (Å²) in [5.74, 6) is 1.18. The molecule has 3 heterocycles. The summed E-state index contributed by atoms with van der Waals surface area (Å²) in [6, 6.07) is 6.85. The summed E-state index contributed by atoms with van der Waals surface area (Å²) in [5, 5.41) is 0.